The normalized spacial score (nSPS) is 13.5. The number of hydrogen-bond donors (Lipinski definition) is 2. The Kier molecular flexibility index (Phi) is 8.46. The van der Waals surface area contributed by atoms with E-state index in [9.17, 15) is 24.0 Å². The fourth-order valence-electron chi connectivity index (χ4n) is 3.74. The Morgan fingerprint density at radius 3 is 2.41 bits per heavy atom. The second kappa shape index (κ2) is 12.1. The topological polar surface area (TPSA) is 189 Å². The number of allylic oxidation sites excluding steroid dienone is 1. The summed E-state index contributed by atoms with van der Waals surface area (Å²) in [5, 5.41) is 0.417. The van der Waals surface area contributed by atoms with Crippen LogP contribution in [0.15, 0.2) is 41.2 Å². The van der Waals surface area contributed by atoms with E-state index in [1.165, 1.54) is 11.7 Å². The number of aryl methyl sites for hydroxylation is 1. The van der Waals surface area contributed by atoms with Crippen LogP contribution in [0.3, 0.4) is 0 Å². The average Bonchev–Trinajstić information content (AvgIpc) is 3.40. The van der Waals surface area contributed by atoms with Gasteiger partial charge in [0.25, 0.3) is 11.8 Å². The number of nitrogen functional groups attached to an aromatic ring is 1. The van der Waals surface area contributed by atoms with E-state index in [0.717, 1.165) is 23.3 Å². The number of imidazole rings is 1. The zero-order chi connectivity index (χ0) is 27.9. The molecule has 204 valence electrons. The Bertz CT molecular complexity index is 1470. The van der Waals surface area contributed by atoms with Crippen molar-refractivity contribution in [1.82, 2.24) is 24.6 Å². The largest absolute Gasteiger partial charge is 0.461 e. The van der Waals surface area contributed by atoms with Crippen molar-refractivity contribution in [2.24, 2.45) is 0 Å². The summed E-state index contributed by atoms with van der Waals surface area (Å²) < 4.78 is 11.8. The zero-order valence-corrected chi connectivity index (χ0v) is 21.0. The van der Waals surface area contributed by atoms with Crippen molar-refractivity contribution in [3.8, 4) is 6.01 Å². The molecule has 0 bridgehead atoms. The number of hydroxylamine groups is 2. The number of ketones is 1. The Morgan fingerprint density at radius 1 is 1.03 bits per heavy atom. The number of H-pyrrole nitrogens is 1. The van der Waals surface area contributed by atoms with Crippen LogP contribution in [-0.2, 0) is 41.7 Å². The molecule has 1 aliphatic rings. The van der Waals surface area contributed by atoms with E-state index in [0.29, 0.717) is 29.3 Å². The van der Waals surface area contributed by atoms with Crippen molar-refractivity contribution >= 4 is 40.5 Å². The lowest BCUT2D eigenvalue weighted by atomic mass is 10.1. The molecule has 2 amide bonds. The first-order valence-electron chi connectivity index (χ1n) is 12.0. The average molecular weight is 539 g/mol. The van der Waals surface area contributed by atoms with Crippen LogP contribution in [0.25, 0.3) is 11.2 Å². The summed E-state index contributed by atoms with van der Waals surface area (Å²) in [4.78, 5) is 75.1. The van der Waals surface area contributed by atoms with Crippen molar-refractivity contribution in [2.45, 2.75) is 32.2 Å². The standard InChI is InChI=1S/C25H26N6O8/c1-37-12-13-38-24-28-22(26)21-23(29-24)30(25(36)27-21)14-16-4-2-15(3-5-16)6-7-17(32)8-11-20(35)39-31-18(33)9-10-19(31)34/h2-5,8,11H,6-7,9-10,12-14H2,1H3,(H,27,36)(H2,26,28,29)/b11-8+. The first-order chi connectivity index (χ1) is 18.7. The maximum Gasteiger partial charge on any atom is 0.356 e. The van der Waals surface area contributed by atoms with Gasteiger partial charge in [-0.1, -0.05) is 24.3 Å². The minimum atomic E-state index is -0.982. The Hall–Kier alpha value is -4.85. The van der Waals surface area contributed by atoms with Gasteiger partial charge in [0.15, 0.2) is 17.2 Å². The highest BCUT2D eigenvalue weighted by Crippen LogP contribution is 2.19. The van der Waals surface area contributed by atoms with Crippen molar-refractivity contribution in [3.05, 3.63) is 58.0 Å². The van der Waals surface area contributed by atoms with Crippen LogP contribution in [0.1, 0.15) is 30.4 Å². The monoisotopic (exact) mass is 538 g/mol. The predicted octanol–water partition coefficient (Wildman–Crippen LogP) is 0.440. The molecule has 1 aliphatic heterocycles. The van der Waals surface area contributed by atoms with Gasteiger partial charge >= 0.3 is 17.7 Å². The number of carbonyl (C=O) groups is 4. The number of anilines is 1. The van der Waals surface area contributed by atoms with Crippen molar-refractivity contribution in [3.63, 3.8) is 0 Å². The molecule has 39 heavy (non-hydrogen) atoms. The van der Waals surface area contributed by atoms with E-state index in [2.05, 4.69) is 19.8 Å². The number of nitrogens with two attached hydrogens (primary N) is 1. The van der Waals surface area contributed by atoms with Gasteiger partial charge in [-0.15, -0.1) is 5.06 Å². The third-order valence-corrected chi connectivity index (χ3v) is 5.76. The number of hydrogen-bond acceptors (Lipinski definition) is 11. The third-order valence-electron chi connectivity index (χ3n) is 5.76. The molecule has 0 radical (unpaired) electrons. The lowest BCUT2D eigenvalue weighted by molar-refractivity contribution is -0.193. The molecule has 0 spiro atoms. The third kappa shape index (κ3) is 6.73. The smallest absolute Gasteiger partial charge is 0.356 e. The highest BCUT2D eigenvalue weighted by Gasteiger charge is 2.32. The van der Waals surface area contributed by atoms with E-state index < -0.39 is 23.5 Å². The minimum Gasteiger partial charge on any atom is -0.461 e. The Balaban J connectivity index is 1.33. The van der Waals surface area contributed by atoms with Gasteiger partial charge < -0.3 is 25.0 Å². The number of ether oxygens (including phenoxy) is 2. The van der Waals surface area contributed by atoms with Crippen molar-refractivity contribution < 1.29 is 33.5 Å². The van der Waals surface area contributed by atoms with Gasteiger partial charge in [0.05, 0.1) is 13.2 Å². The maximum atomic E-state index is 12.6. The summed E-state index contributed by atoms with van der Waals surface area (Å²) in [6, 6.07) is 7.33. The van der Waals surface area contributed by atoms with Gasteiger partial charge in [-0.2, -0.15) is 9.97 Å². The number of fused-ring (bicyclic) bond motifs is 1. The van der Waals surface area contributed by atoms with Gasteiger partial charge in [-0.3, -0.25) is 19.0 Å². The van der Waals surface area contributed by atoms with Gasteiger partial charge in [0.2, 0.25) is 0 Å². The summed E-state index contributed by atoms with van der Waals surface area (Å²) in [5.74, 6) is -2.42. The first kappa shape index (κ1) is 27.2. The molecule has 3 heterocycles. The van der Waals surface area contributed by atoms with Gasteiger partial charge in [-0.25, -0.2) is 9.59 Å². The van der Waals surface area contributed by atoms with Gasteiger partial charge in [0.1, 0.15) is 12.1 Å². The van der Waals surface area contributed by atoms with Crippen LogP contribution in [0, 0.1) is 0 Å². The molecule has 14 heteroatoms. The number of benzene rings is 1. The number of methoxy groups -OCH3 is 1. The molecule has 3 aromatic rings. The lowest BCUT2D eigenvalue weighted by Crippen LogP contribution is -2.31. The van der Waals surface area contributed by atoms with Crippen LogP contribution >= 0.6 is 0 Å². The summed E-state index contributed by atoms with van der Waals surface area (Å²) in [7, 11) is 1.54. The first-order valence-corrected chi connectivity index (χ1v) is 12.0. The van der Waals surface area contributed by atoms with Crippen LogP contribution in [0.4, 0.5) is 5.82 Å². The molecule has 0 atom stereocenters. The van der Waals surface area contributed by atoms with Crippen molar-refractivity contribution in [1.29, 1.82) is 0 Å². The van der Waals surface area contributed by atoms with Crippen LogP contribution in [0.2, 0.25) is 0 Å². The van der Waals surface area contributed by atoms with E-state index in [-0.39, 0.29) is 50.0 Å². The SMILES string of the molecule is COCCOc1nc(N)c2[nH]c(=O)n(Cc3ccc(CCC(=O)/C=C/C(=O)ON4C(=O)CCC4=O)cc3)c2n1. The lowest BCUT2D eigenvalue weighted by Gasteiger charge is -2.10. The number of carbonyl (C=O) groups excluding carboxylic acids is 4. The maximum absolute atomic E-state index is 12.6. The number of amides is 2. The van der Waals surface area contributed by atoms with E-state index >= 15 is 0 Å². The number of nitrogens with zero attached hydrogens (tertiary/aromatic N) is 4. The van der Waals surface area contributed by atoms with Crippen LogP contribution < -0.4 is 16.2 Å². The number of rotatable bonds is 12. The minimum absolute atomic E-state index is 0.0136. The number of aromatic nitrogens is 4. The second-order valence-electron chi connectivity index (χ2n) is 8.56. The highest BCUT2D eigenvalue weighted by atomic mass is 16.7. The molecule has 1 saturated heterocycles. The van der Waals surface area contributed by atoms with Crippen LogP contribution in [-0.4, -0.2) is 68.5 Å². The quantitative estimate of drug-likeness (QED) is 0.185. The van der Waals surface area contributed by atoms with E-state index in [1.54, 1.807) is 0 Å². The molecule has 3 N–H and O–H groups in total. The second-order valence-corrected chi connectivity index (χ2v) is 8.56. The van der Waals surface area contributed by atoms with E-state index in [4.69, 9.17) is 15.2 Å². The zero-order valence-electron chi connectivity index (χ0n) is 21.0. The molecular formula is C25H26N6O8. The summed E-state index contributed by atoms with van der Waals surface area (Å²) in [6.07, 6.45) is 2.43. The fourth-order valence-corrected chi connectivity index (χ4v) is 3.74. The highest BCUT2D eigenvalue weighted by molar-refractivity contribution is 6.02. The molecular weight excluding hydrogens is 512 g/mol. The molecule has 1 fully saturated rings. The molecule has 0 saturated carbocycles. The van der Waals surface area contributed by atoms with Crippen molar-refractivity contribution in [2.75, 3.05) is 26.1 Å². The predicted molar refractivity (Wildman–Crippen MR) is 135 cm³/mol. The number of aromatic amines is 1. The molecule has 14 nitrogen and oxygen atoms in total. The molecule has 1 aromatic carbocycles. The molecule has 4 rings (SSSR count). The fraction of sp³-hybridized carbons (Fsp3) is 0.320. The number of nitrogens with one attached hydrogen (secondary N) is 1. The summed E-state index contributed by atoms with van der Waals surface area (Å²) in [5.41, 5.74) is 7.85. The van der Waals surface area contributed by atoms with Gasteiger partial charge in [0, 0.05) is 32.4 Å². The Labute approximate surface area is 221 Å². The molecule has 0 aliphatic carbocycles. The molecule has 0 unspecified atom stereocenters. The van der Waals surface area contributed by atoms with Gasteiger partial charge in [-0.05, 0) is 23.6 Å². The Morgan fingerprint density at radius 2 is 1.72 bits per heavy atom. The summed E-state index contributed by atoms with van der Waals surface area (Å²) >= 11 is 0. The van der Waals surface area contributed by atoms with E-state index in [1.807, 2.05) is 24.3 Å². The van der Waals surface area contributed by atoms with Crippen LogP contribution in [0.5, 0.6) is 6.01 Å². The number of imide groups is 1. The molecule has 2 aromatic heterocycles. The summed E-state index contributed by atoms with van der Waals surface area (Å²) in [6.45, 7) is 0.768.